The first-order chi connectivity index (χ1) is 11.6. The van der Waals surface area contributed by atoms with Crippen molar-refractivity contribution in [2.24, 2.45) is 5.92 Å². The minimum atomic E-state index is -0.271. The molecule has 0 spiro atoms. The summed E-state index contributed by atoms with van der Waals surface area (Å²) in [5.41, 5.74) is 1.05. The van der Waals surface area contributed by atoms with Crippen LogP contribution in [0.25, 0.3) is 0 Å². The lowest BCUT2D eigenvalue weighted by molar-refractivity contribution is 0.285. The van der Waals surface area contributed by atoms with Gasteiger partial charge in [0.2, 0.25) is 0 Å². The van der Waals surface area contributed by atoms with Crippen LogP contribution in [-0.4, -0.2) is 25.9 Å². The molecular formula is C20H36FNO2. The molecule has 1 aromatic carbocycles. The number of ether oxygens (including phenoxy) is 1. The van der Waals surface area contributed by atoms with E-state index in [1.807, 2.05) is 14.0 Å². The first-order valence-corrected chi connectivity index (χ1v) is 8.77. The van der Waals surface area contributed by atoms with Crippen molar-refractivity contribution in [1.29, 1.82) is 0 Å². The van der Waals surface area contributed by atoms with E-state index < -0.39 is 0 Å². The average molecular weight is 342 g/mol. The van der Waals surface area contributed by atoms with Crippen LogP contribution < -0.4 is 10.1 Å². The summed E-state index contributed by atoms with van der Waals surface area (Å²) in [5, 5.41) is 10.1. The van der Waals surface area contributed by atoms with E-state index in [2.05, 4.69) is 31.3 Å². The van der Waals surface area contributed by atoms with Crippen molar-refractivity contribution in [3.63, 3.8) is 0 Å². The smallest absolute Gasteiger partial charge is 0.165 e. The number of nitrogens with one attached hydrogen (secondary N) is 1. The Labute approximate surface area is 148 Å². The molecular weight excluding hydrogens is 305 g/mol. The zero-order chi connectivity index (χ0) is 18.4. The van der Waals surface area contributed by atoms with Crippen molar-refractivity contribution < 1.29 is 15.7 Å². The minimum Gasteiger partial charge on any atom is -0.490 e. The molecule has 1 atom stereocenters. The van der Waals surface area contributed by atoms with Crippen molar-refractivity contribution in [3.05, 3.63) is 41.7 Å². The summed E-state index contributed by atoms with van der Waals surface area (Å²) in [6.45, 7) is 6.92. The molecule has 0 heterocycles. The fourth-order valence-corrected chi connectivity index (χ4v) is 1.89. The molecule has 1 fully saturated rings. The zero-order valence-electron chi connectivity index (χ0n) is 15.8. The number of rotatable bonds is 7. The van der Waals surface area contributed by atoms with Crippen LogP contribution in [0.2, 0.25) is 0 Å². The van der Waals surface area contributed by atoms with Crippen LogP contribution >= 0.6 is 0 Å². The van der Waals surface area contributed by atoms with E-state index >= 15 is 0 Å². The second-order valence-electron chi connectivity index (χ2n) is 5.81. The summed E-state index contributed by atoms with van der Waals surface area (Å²) in [6.07, 6.45) is 9.20. The minimum absolute atomic E-state index is 0. The first-order valence-electron chi connectivity index (χ1n) is 8.77. The van der Waals surface area contributed by atoms with Crippen LogP contribution in [0.4, 0.5) is 4.39 Å². The number of unbranched alkanes of at least 4 members (excludes halogenated alkanes) is 1. The second kappa shape index (κ2) is 14.0. The van der Waals surface area contributed by atoms with Gasteiger partial charge in [-0.05, 0) is 63.8 Å². The number of halogens is 1. The fraction of sp³-hybridized carbons (Fsp3) is 0.600. The van der Waals surface area contributed by atoms with E-state index in [9.17, 15) is 4.39 Å². The van der Waals surface area contributed by atoms with Gasteiger partial charge < -0.3 is 15.2 Å². The molecule has 0 amide bonds. The summed E-state index contributed by atoms with van der Waals surface area (Å²) in [4.78, 5) is 0. The number of hydrogen-bond donors (Lipinski definition) is 2. The summed E-state index contributed by atoms with van der Waals surface area (Å²) < 4.78 is 19.0. The van der Waals surface area contributed by atoms with E-state index in [4.69, 9.17) is 9.84 Å². The lowest BCUT2D eigenvalue weighted by Crippen LogP contribution is -2.12. The number of benzene rings is 1. The van der Waals surface area contributed by atoms with Gasteiger partial charge in [-0.25, -0.2) is 4.39 Å². The molecule has 3 nitrogen and oxygen atoms in total. The van der Waals surface area contributed by atoms with E-state index in [1.54, 1.807) is 12.1 Å². The van der Waals surface area contributed by atoms with E-state index in [1.165, 1.54) is 31.7 Å². The molecule has 1 saturated carbocycles. The van der Waals surface area contributed by atoms with Gasteiger partial charge in [-0.3, -0.25) is 0 Å². The number of aliphatic hydroxyl groups excluding tert-OH is 1. The summed E-state index contributed by atoms with van der Waals surface area (Å²) in [7, 11) is 2.89. The number of allylic oxidation sites excluding steroid dienone is 2. The molecule has 0 aromatic heterocycles. The Morgan fingerprint density at radius 3 is 2.54 bits per heavy atom. The quantitative estimate of drug-likeness (QED) is 0.677. The van der Waals surface area contributed by atoms with Gasteiger partial charge in [0.1, 0.15) is 0 Å². The standard InChI is InChI=1S/C13H18FNO.C6H12.CH4O.H2/c1-9(15-2)11-5-6-12(14)13(7-11)16-8-10-3-4-10;1-3-5-6-4-2;1-2;/h5-7,9-10,15H,3-4,8H2,1-2H3;3,5H,4,6H2,1-2H3;2H,1H3;1H/b;5-3+;;/t9-;;;/m1.../s1. The molecule has 0 unspecified atom stereocenters. The Morgan fingerprint density at radius 2 is 2.08 bits per heavy atom. The molecule has 0 radical (unpaired) electrons. The van der Waals surface area contributed by atoms with Crippen LogP contribution in [0.1, 0.15) is 59.5 Å². The van der Waals surface area contributed by atoms with Crippen molar-refractivity contribution in [2.45, 2.75) is 52.5 Å². The van der Waals surface area contributed by atoms with Gasteiger partial charge in [0, 0.05) is 14.6 Å². The Balaban J connectivity index is 0. The normalized spacial score (nSPS) is 14.3. The molecule has 0 bridgehead atoms. The highest BCUT2D eigenvalue weighted by molar-refractivity contribution is 5.32. The van der Waals surface area contributed by atoms with Crippen LogP contribution in [-0.2, 0) is 0 Å². The largest absolute Gasteiger partial charge is 0.490 e. The Kier molecular flexibility index (Phi) is 13.2. The van der Waals surface area contributed by atoms with Gasteiger partial charge in [0.25, 0.3) is 0 Å². The van der Waals surface area contributed by atoms with E-state index in [0.717, 1.165) is 12.7 Å². The molecule has 1 aliphatic carbocycles. The predicted molar refractivity (Wildman–Crippen MR) is 102 cm³/mol. The van der Waals surface area contributed by atoms with Gasteiger partial charge in [0.05, 0.1) is 6.61 Å². The monoisotopic (exact) mass is 341 g/mol. The van der Waals surface area contributed by atoms with E-state index in [-0.39, 0.29) is 13.3 Å². The maximum Gasteiger partial charge on any atom is 0.165 e. The Hall–Kier alpha value is -1.39. The summed E-state index contributed by atoms with van der Waals surface area (Å²) >= 11 is 0. The maximum absolute atomic E-state index is 13.5. The van der Waals surface area contributed by atoms with Crippen LogP contribution in [0.15, 0.2) is 30.4 Å². The molecule has 1 aromatic rings. The lowest BCUT2D eigenvalue weighted by atomic mass is 10.1. The molecule has 2 rings (SSSR count). The zero-order valence-corrected chi connectivity index (χ0v) is 15.8. The maximum atomic E-state index is 13.5. The highest BCUT2D eigenvalue weighted by atomic mass is 19.1. The number of hydrogen-bond acceptors (Lipinski definition) is 3. The van der Waals surface area contributed by atoms with Crippen molar-refractivity contribution >= 4 is 0 Å². The third-order valence-corrected chi connectivity index (χ3v) is 3.75. The molecule has 24 heavy (non-hydrogen) atoms. The van der Waals surface area contributed by atoms with Gasteiger partial charge in [-0.2, -0.15) is 0 Å². The number of aliphatic hydroxyl groups is 1. The van der Waals surface area contributed by atoms with E-state index in [0.29, 0.717) is 18.3 Å². The first kappa shape index (κ1) is 22.6. The molecule has 0 saturated heterocycles. The second-order valence-corrected chi connectivity index (χ2v) is 5.81. The third-order valence-electron chi connectivity index (χ3n) is 3.75. The average Bonchev–Trinajstić information content (AvgIpc) is 3.45. The van der Waals surface area contributed by atoms with Gasteiger partial charge in [-0.1, -0.05) is 31.6 Å². The molecule has 0 aliphatic heterocycles. The molecule has 2 N–H and O–H groups in total. The Bertz CT molecular complexity index is 465. The predicted octanol–water partition coefficient (Wildman–Crippen LogP) is 5.11. The van der Waals surface area contributed by atoms with Crippen LogP contribution in [0.5, 0.6) is 5.75 Å². The summed E-state index contributed by atoms with van der Waals surface area (Å²) in [6, 6.07) is 5.27. The van der Waals surface area contributed by atoms with Gasteiger partial charge in [0.15, 0.2) is 11.6 Å². The van der Waals surface area contributed by atoms with Gasteiger partial charge in [-0.15, -0.1) is 0 Å². The molecule has 140 valence electrons. The van der Waals surface area contributed by atoms with Crippen molar-refractivity contribution in [1.82, 2.24) is 5.32 Å². The lowest BCUT2D eigenvalue weighted by Gasteiger charge is -2.13. The highest BCUT2D eigenvalue weighted by Crippen LogP contribution is 2.30. The fourth-order valence-electron chi connectivity index (χ4n) is 1.89. The van der Waals surface area contributed by atoms with Crippen molar-refractivity contribution in [2.75, 3.05) is 20.8 Å². The molecule has 4 heteroatoms. The SMILES string of the molecule is C/C=C/CCC.CN[C@H](C)c1ccc(F)c(OCC2CC2)c1.CO.[HH]. The Morgan fingerprint density at radius 1 is 1.42 bits per heavy atom. The van der Waals surface area contributed by atoms with Crippen LogP contribution in [0, 0.1) is 11.7 Å². The third kappa shape index (κ3) is 9.68. The highest BCUT2D eigenvalue weighted by Gasteiger charge is 2.22. The molecule has 1 aliphatic rings. The van der Waals surface area contributed by atoms with Crippen molar-refractivity contribution in [3.8, 4) is 5.75 Å². The van der Waals surface area contributed by atoms with Gasteiger partial charge >= 0.3 is 0 Å². The topological polar surface area (TPSA) is 41.5 Å². The van der Waals surface area contributed by atoms with Crippen LogP contribution in [0.3, 0.4) is 0 Å². The summed E-state index contributed by atoms with van der Waals surface area (Å²) in [5.74, 6) is 0.754.